The first-order valence-corrected chi connectivity index (χ1v) is 11.0. The number of methoxy groups -OCH3 is 1. The van der Waals surface area contributed by atoms with Gasteiger partial charge in [-0.2, -0.15) is 0 Å². The lowest BCUT2D eigenvalue weighted by Crippen LogP contribution is -2.42. The topological polar surface area (TPSA) is 114 Å². The van der Waals surface area contributed by atoms with E-state index in [0.717, 1.165) is 5.56 Å². The largest absolute Gasteiger partial charge is 0.478 e. The number of nitrogens with one attached hydrogen (secondary N) is 1. The molecule has 1 aliphatic heterocycles. The molecular weight excluding hydrogens is 436 g/mol. The number of aromatic nitrogens is 2. The molecule has 1 aliphatic rings. The van der Waals surface area contributed by atoms with Gasteiger partial charge >= 0.3 is 5.97 Å². The number of benzene rings is 2. The van der Waals surface area contributed by atoms with Crippen LogP contribution in [0.25, 0.3) is 0 Å². The maximum atomic E-state index is 13.5. The SMILES string of the molecule is COCCCNC(=O)c1cn2c(n1)C(c1ccccc1)N(C(=O)c1cccc(C(=O)O)c1)CC2. The number of hydrogen-bond donors (Lipinski definition) is 2. The molecule has 1 unspecified atom stereocenters. The fourth-order valence-electron chi connectivity index (χ4n) is 4.06. The molecule has 2 aromatic carbocycles. The number of aromatic carboxylic acids is 1. The Balaban J connectivity index is 1.66. The summed E-state index contributed by atoms with van der Waals surface area (Å²) in [5.74, 6) is -1.08. The van der Waals surface area contributed by atoms with Crippen LogP contribution in [0.2, 0.25) is 0 Å². The highest BCUT2D eigenvalue weighted by molar-refractivity contribution is 5.98. The van der Waals surface area contributed by atoms with Crippen molar-refractivity contribution in [3.8, 4) is 0 Å². The second-order valence-electron chi connectivity index (χ2n) is 7.98. The molecule has 2 N–H and O–H groups in total. The normalized spacial score (nSPS) is 15.0. The molecule has 0 saturated carbocycles. The lowest BCUT2D eigenvalue weighted by atomic mass is 10.0. The van der Waals surface area contributed by atoms with Crippen molar-refractivity contribution in [2.45, 2.75) is 19.0 Å². The molecule has 176 valence electrons. The molecule has 2 amide bonds. The molecule has 0 bridgehead atoms. The highest BCUT2D eigenvalue weighted by Crippen LogP contribution is 2.33. The molecule has 0 radical (unpaired) electrons. The standard InChI is InChI=1S/C25H26N4O5/c1-34-14-6-11-26-23(30)20-16-28-12-13-29(21(22(28)27-20)17-7-3-2-4-8-17)24(31)18-9-5-10-19(15-18)25(32)33/h2-5,7-10,15-16,21H,6,11-14H2,1H3,(H,26,30)(H,32,33). The predicted octanol–water partition coefficient (Wildman–Crippen LogP) is 2.59. The summed E-state index contributed by atoms with van der Waals surface area (Å²) >= 11 is 0. The number of rotatable bonds is 8. The van der Waals surface area contributed by atoms with Crippen molar-refractivity contribution in [1.29, 1.82) is 0 Å². The smallest absolute Gasteiger partial charge is 0.335 e. The maximum Gasteiger partial charge on any atom is 0.335 e. The summed E-state index contributed by atoms with van der Waals surface area (Å²) in [4.78, 5) is 43.8. The lowest BCUT2D eigenvalue weighted by molar-refractivity contribution is 0.0658. The zero-order valence-corrected chi connectivity index (χ0v) is 18.8. The van der Waals surface area contributed by atoms with Crippen LogP contribution in [0.1, 0.15) is 55.1 Å². The van der Waals surface area contributed by atoms with Gasteiger partial charge in [-0.1, -0.05) is 36.4 Å². The second-order valence-corrected chi connectivity index (χ2v) is 7.98. The van der Waals surface area contributed by atoms with Crippen molar-refractivity contribution < 1.29 is 24.2 Å². The van der Waals surface area contributed by atoms with E-state index in [1.807, 2.05) is 34.9 Å². The van der Waals surface area contributed by atoms with Gasteiger partial charge in [0.2, 0.25) is 0 Å². The van der Waals surface area contributed by atoms with Crippen molar-refractivity contribution in [2.75, 3.05) is 26.8 Å². The molecule has 1 atom stereocenters. The van der Waals surface area contributed by atoms with E-state index in [4.69, 9.17) is 4.74 Å². The first-order chi connectivity index (χ1) is 16.5. The molecule has 1 aromatic heterocycles. The summed E-state index contributed by atoms with van der Waals surface area (Å²) in [5, 5.41) is 12.2. The molecule has 0 spiro atoms. The van der Waals surface area contributed by atoms with E-state index in [-0.39, 0.29) is 28.6 Å². The molecule has 9 heteroatoms. The van der Waals surface area contributed by atoms with E-state index >= 15 is 0 Å². The number of ether oxygens (including phenoxy) is 1. The van der Waals surface area contributed by atoms with Gasteiger partial charge in [0.25, 0.3) is 11.8 Å². The third-order valence-corrected chi connectivity index (χ3v) is 5.72. The van der Waals surface area contributed by atoms with Crippen LogP contribution in [0.5, 0.6) is 0 Å². The zero-order valence-electron chi connectivity index (χ0n) is 18.8. The first kappa shape index (κ1) is 23.2. The van der Waals surface area contributed by atoms with Gasteiger partial charge in [-0.25, -0.2) is 9.78 Å². The number of carboxylic acids is 1. The minimum atomic E-state index is -1.09. The Morgan fingerprint density at radius 3 is 2.59 bits per heavy atom. The van der Waals surface area contributed by atoms with Crippen LogP contribution in [0, 0.1) is 0 Å². The Bertz CT molecular complexity index is 1190. The monoisotopic (exact) mass is 462 g/mol. The quantitative estimate of drug-likeness (QED) is 0.498. The first-order valence-electron chi connectivity index (χ1n) is 11.0. The number of hydrogen-bond acceptors (Lipinski definition) is 5. The molecule has 34 heavy (non-hydrogen) atoms. The number of amides is 2. The maximum absolute atomic E-state index is 13.5. The molecule has 4 rings (SSSR count). The van der Waals surface area contributed by atoms with E-state index in [1.54, 1.807) is 30.3 Å². The lowest BCUT2D eigenvalue weighted by Gasteiger charge is -2.36. The number of carboxylic acid groups (broad SMARTS) is 1. The number of fused-ring (bicyclic) bond motifs is 1. The van der Waals surface area contributed by atoms with Crippen molar-refractivity contribution in [3.05, 3.63) is 89.0 Å². The highest BCUT2D eigenvalue weighted by Gasteiger charge is 2.35. The van der Waals surface area contributed by atoms with E-state index < -0.39 is 12.0 Å². The van der Waals surface area contributed by atoms with Crippen LogP contribution in [0.3, 0.4) is 0 Å². The summed E-state index contributed by atoms with van der Waals surface area (Å²) in [6.07, 6.45) is 2.41. The van der Waals surface area contributed by atoms with Gasteiger partial charge in [0, 0.05) is 45.1 Å². The second kappa shape index (κ2) is 10.3. The zero-order chi connectivity index (χ0) is 24.1. The molecule has 3 aromatic rings. The molecule has 2 heterocycles. The third kappa shape index (κ3) is 4.84. The van der Waals surface area contributed by atoms with Gasteiger partial charge < -0.3 is 24.6 Å². The average molecular weight is 463 g/mol. The highest BCUT2D eigenvalue weighted by atomic mass is 16.5. The Labute approximate surface area is 197 Å². The van der Waals surface area contributed by atoms with Gasteiger partial charge in [-0.15, -0.1) is 0 Å². The Kier molecular flexibility index (Phi) is 7.03. The van der Waals surface area contributed by atoms with Crippen LogP contribution in [-0.2, 0) is 11.3 Å². The van der Waals surface area contributed by atoms with E-state index in [1.165, 1.54) is 12.1 Å². The van der Waals surface area contributed by atoms with Crippen LogP contribution in [0.15, 0.2) is 60.8 Å². The summed E-state index contributed by atoms with van der Waals surface area (Å²) < 4.78 is 6.91. The van der Waals surface area contributed by atoms with Crippen molar-refractivity contribution in [3.63, 3.8) is 0 Å². The van der Waals surface area contributed by atoms with Crippen molar-refractivity contribution in [1.82, 2.24) is 19.8 Å². The number of imidazole rings is 1. The summed E-state index contributed by atoms with van der Waals surface area (Å²) in [6, 6.07) is 15.0. The minimum Gasteiger partial charge on any atom is -0.478 e. The van der Waals surface area contributed by atoms with Crippen molar-refractivity contribution in [2.24, 2.45) is 0 Å². The summed E-state index contributed by atoms with van der Waals surface area (Å²) in [7, 11) is 1.61. The van der Waals surface area contributed by atoms with Crippen molar-refractivity contribution >= 4 is 17.8 Å². The van der Waals surface area contributed by atoms with E-state index in [2.05, 4.69) is 10.3 Å². The fourth-order valence-corrected chi connectivity index (χ4v) is 4.06. The average Bonchev–Trinajstić information content (AvgIpc) is 3.30. The van der Waals surface area contributed by atoms with Gasteiger partial charge in [-0.05, 0) is 30.2 Å². The van der Waals surface area contributed by atoms with Gasteiger partial charge in [0.1, 0.15) is 17.6 Å². The van der Waals surface area contributed by atoms with Crippen LogP contribution in [0.4, 0.5) is 0 Å². The van der Waals surface area contributed by atoms with E-state index in [0.29, 0.717) is 38.5 Å². The minimum absolute atomic E-state index is 0.0491. The van der Waals surface area contributed by atoms with Gasteiger partial charge in [-0.3, -0.25) is 9.59 Å². The Morgan fingerprint density at radius 2 is 1.85 bits per heavy atom. The molecule has 9 nitrogen and oxygen atoms in total. The van der Waals surface area contributed by atoms with Gasteiger partial charge in [0.15, 0.2) is 0 Å². The molecular formula is C25H26N4O5. The summed E-state index contributed by atoms with van der Waals surface area (Å²) in [5.41, 5.74) is 1.48. The van der Waals surface area contributed by atoms with Crippen LogP contribution < -0.4 is 5.32 Å². The summed E-state index contributed by atoms with van der Waals surface area (Å²) in [6.45, 7) is 1.87. The predicted molar refractivity (Wildman–Crippen MR) is 124 cm³/mol. The number of nitrogens with zero attached hydrogens (tertiary/aromatic N) is 3. The van der Waals surface area contributed by atoms with Gasteiger partial charge in [0.05, 0.1) is 5.56 Å². The van der Waals surface area contributed by atoms with E-state index in [9.17, 15) is 19.5 Å². The fraction of sp³-hybridized carbons (Fsp3) is 0.280. The Hall–Kier alpha value is -3.98. The molecule has 0 fully saturated rings. The molecule has 0 saturated heterocycles. The Morgan fingerprint density at radius 1 is 1.09 bits per heavy atom. The molecule has 0 aliphatic carbocycles. The van der Waals surface area contributed by atoms with Crippen LogP contribution >= 0.6 is 0 Å². The van der Waals surface area contributed by atoms with Crippen LogP contribution in [-0.4, -0.2) is 64.1 Å². The number of carbonyl (C=O) groups is 3. The number of carbonyl (C=O) groups excluding carboxylic acids is 2. The third-order valence-electron chi connectivity index (χ3n) is 5.72.